The monoisotopic (exact) mass is 416 g/mol. The molecule has 1 aliphatic heterocycles. The van der Waals surface area contributed by atoms with Gasteiger partial charge >= 0.3 is 0 Å². The van der Waals surface area contributed by atoms with Gasteiger partial charge in [-0.3, -0.25) is 4.57 Å². The molecule has 2 aliphatic rings. The number of fused-ring (bicyclic) bond motifs is 1. The number of imidazole rings is 1. The van der Waals surface area contributed by atoms with Crippen LogP contribution in [0, 0.1) is 6.92 Å². The lowest BCUT2D eigenvalue weighted by atomic mass is 9.93. The van der Waals surface area contributed by atoms with Crippen molar-refractivity contribution in [1.82, 2.24) is 24.5 Å². The highest BCUT2D eigenvalue weighted by Crippen LogP contribution is 2.39. The standard InChI is InChI=1S/C19H24N6O5/c1-9-6-20-18(29-9)15-13(27)14(28)19(30-15)25-8-23-12-16(21-7-22-17(12)25)24-10-2-4-11(26)5-3-10/h6-8,10-11,13-15,19,26-28H,2-5H2,1H3,(H,21,22,24)/t10-,11-,13-,14+,15-,19+/m0/s1. The summed E-state index contributed by atoms with van der Waals surface area (Å²) in [6.45, 7) is 1.74. The molecule has 0 aromatic carbocycles. The van der Waals surface area contributed by atoms with Crippen molar-refractivity contribution < 1.29 is 24.5 Å². The maximum Gasteiger partial charge on any atom is 0.226 e. The van der Waals surface area contributed by atoms with Crippen LogP contribution in [0.4, 0.5) is 5.82 Å². The zero-order valence-corrected chi connectivity index (χ0v) is 16.4. The van der Waals surface area contributed by atoms with Crippen LogP contribution in [-0.2, 0) is 4.74 Å². The number of rotatable bonds is 4. The Morgan fingerprint density at radius 2 is 1.83 bits per heavy atom. The van der Waals surface area contributed by atoms with Crippen molar-refractivity contribution in [2.45, 2.75) is 69.3 Å². The van der Waals surface area contributed by atoms with Crippen molar-refractivity contribution >= 4 is 17.0 Å². The lowest BCUT2D eigenvalue weighted by Gasteiger charge is -2.26. The molecule has 4 N–H and O–H groups in total. The van der Waals surface area contributed by atoms with Crippen molar-refractivity contribution in [3.05, 3.63) is 30.5 Å². The van der Waals surface area contributed by atoms with E-state index in [0.717, 1.165) is 25.7 Å². The molecule has 11 heteroatoms. The molecule has 0 unspecified atom stereocenters. The van der Waals surface area contributed by atoms with E-state index < -0.39 is 24.5 Å². The number of nitrogens with one attached hydrogen (secondary N) is 1. The quantitative estimate of drug-likeness (QED) is 0.481. The van der Waals surface area contributed by atoms with E-state index in [2.05, 4.69) is 25.3 Å². The van der Waals surface area contributed by atoms with Gasteiger partial charge in [-0.15, -0.1) is 0 Å². The molecule has 1 saturated heterocycles. The summed E-state index contributed by atoms with van der Waals surface area (Å²) in [5, 5.41) is 34.2. The van der Waals surface area contributed by atoms with E-state index in [0.29, 0.717) is 22.7 Å². The van der Waals surface area contributed by atoms with E-state index in [9.17, 15) is 15.3 Å². The number of ether oxygens (including phenoxy) is 1. The smallest absolute Gasteiger partial charge is 0.226 e. The number of aliphatic hydroxyl groups is 3. The van der Waals surface area contributed by atoms with Gasteiger partial charge in [-0.1, -0.05) is 0 Å². The third kappa shape index (κ3) is 3.33. The summed E-state index contributed by atoms with van der Waals surface area (Å²) in [6.07, 6.45) is 3.20. The van der Waals surface area contributed by atoms with Crippen LogP contribution in [0.1, 0.15) is 49.7 Å². The van der Waals surface area contributed by atoms with Crippen LogP contribution in [0.25, 0.3) is 11.2 Å². The van der Waals surface area contributed by atoms with E-state index >= 15 is 0 Å². The Hall–Kier alpha value is -2.60. The molecule has 11 nitrogen and oxygen atoms in total. The topological polar surface area (TPSA) is 152 Å². The number of aromatic nitrogens is 5. The predicted molar refractivity (Wildman–Crippen MR) is 103 cm³/mol. The van der Waals surface area contributed by atoms with Crippen LogP contribution in [-0.4, -0.2) is 64.2 Å². The Morgan fingerprint density at radius 3 is 2.57 bits per heavy atom. The van der Waals surface area contributed by atoms with Gasteiger partial charge in [0.25, 0.3) is 0 Å². The summed E-state index contributed by atoms with van der Waals surface area (Å²) in [5.74, 6) is 1.39. The molecule has 3 aromatic heterocycles. The van der Waals surface area contributed by atoms with Crippen molar-refractivity contribution in [2.24, 2.45) is 0 Å². The molecule has 0 amide bonds. The zero-order chi connectivity index (χ0) is 20.8. The number of aryl methyl sites for hydroxylation is 1. The molecule has 4 atom stereocenters. The minimum atomic E-state index is -1.22. The molecular formula is C19H24N6O5. The first-order valence-corrected chi connectivity index (χ1v) is 10.1. The van der Waals surface area contributed by atoms with Gasteiger partial charge < -0.3 is 29.8 Å². The second-order valence-corrected chi connectivity index (χ2v) is 7.93. The summed E-state index contributed by atoms with van der Waals surface area (Å²) >= 11 is 0. The first-order chi connectivity index (χ1) is 14.5. The summed E-state index contributed by atoms with van der Waals surface area (Å²) in [6, 6.07) is 0.199. The van der Waals surface area contributed by atoms with Crippen LogP contribution >= 0.6 is 0 Å². The Balaban J connectivity index is 1.41. The van der Waals surface area contributed by atoms with Gasteiger partial charge in [-0.2, -0.15) is 0 Å². The normalized spacial score (nSPS) is 32.0. The minimum Gasteiger partial charge on any atom is -0.443 e. The Bertz CT molecular complexity index is 1030. The largest absolute Gasteiger partial charge is 0.443 e. The van der Waals surface area contributed by atoms with Gasteiger partial charge in [0.2, 0.25) is 5.89 Å². The summed E-state index contributed by atoms with van der Waals surface area (Å²) in [7, 11) is 0. The van der Waals surface area contributed by atoms with E-state index in [1.165, 1.54) is 18.9 Å². The Labute approximate surface area is 171 Å². The SMILES string of the molecule is Cc1cnc([C@H]2O[C@@H](n3cnc4c(N[C@H]5CC[C@H](O)CC5)ncnc43)[C@H](O)[C@@H]2O)o1. The van der Waals surface area contributed by atoms with E-state index in [-0.39, 0.29) is 18.0 Å². The Morgan fingerprint density at radius 1 is 1.03 bits per heavy atom. The number of hydrogen-bond donors (Lipinski definition) is 4. The Kier molecular flexibility index (Phi) is 4.89. The van der Waals surface area contributed by atoms with Crippen LogP contribution < -0.4 is 5.32 Å². The summed E-state index contributed by atoms with van der Waals surface area (Å²) in [5.41, 5.74) is 1.02. The van der Waals surface area contributed by atoms with Gasteiger partial charge in [0.15, 0.2) is 29.3 Å². The molecular weight excluding hydrogens is 392 g/mol. The van der Waals surface area contributed by atoms with E-state index in [1.807, 2.05) is 0 Å². The lowest BCUT2D eigenvalue weighted by Crippen LogP contribution is -2.29. The van der Waals surface area contributed by atoms with Crippen LogP contribution in [0.2, 0.25) is 0 Å². The fraction of sp³-hybridized carbons (Fsp3) is 0.579. The molecule has 1 saturated carbocycles. The van der Waals surface area contributed by atoms with E-state index in [4.69, 9.17) is 9.15 Å². The van der Waals surface area contributed by atoms with Crippen molar-refractivity contribution in [3.63, 3.8) is 0 Å². The van der Waals surface area contributed by atoms with Crippen LogP contribution in [0.15, 0.2) is 23.3 Å². The maximum atomic E-state index is 10.6. The van der Waals surface area contributed by atoms with Gasteiger partial charge in [-0.25, -0.2) is 19.9 Å². The van der Waals surface area contributed by atoms with Crippen molar-refractivity contribution in [2.75, 3.05) is 5.32 Å². The van der Waals surface area contributed by atoms with Crippen LogP contribution in [0.5, 0.6) is 0 Å². The number of nitrogens with zero attached hydrogens (tertiary/aromatic N) is 5. The van der Waals surface area contributed by atoms with Gasteiger partial charge in [0.05, 0.1) is 18.6 Å². The first-order valence-electron chi connectivity index (χ1n) is 10.1. The molecule has 30 heavy (non-hydrogen) atoms. The van der Waals surface area contributed by atoms with Crippen LogP contribution in [0.3, 0.4) is 0 Å². The van der Waals surface area contributed by atoms with Crippen molar-refractivity contribution in [3.8, 4) is 0 Å². The summed E-state index contributed by atoms with van der Waals surface area (Å²) in [4.78, 5) is 17.2. The molecule has 0 spiro atoms. The number of anilines is 1. The highest BCUT2D eigenvalue weighted by atomic mass is 16.6. The molecule has 1 aliphatic carbocycles. The highest BCUT2D eigenvalue weighted by molar-refractivity contribution is 5.82. The first kappa shape index (κ1) is 19.4. The molecule has 3 aromatic rings. The maximum absolute atomic E-state index is 10.6. The molecule has 4 heterocycles. The zero-order valence-electron chi connectivity index (χ0n) is 16.4. The lowest BCUT2D eigenvalue weighted by molar-refractivity contribution is -0.0438. The predicted octanol–water partition coefficient (Wildman–Crippen LogP) is 0.830. The molecule has 0 radical (unpaired) electrons. The average molecular weight is 416 g/mol. The minimum absolute atomic E-state index is 0.199. The van der Waals surface area contributed by atoms with Gasteiger partial charge in [0, 0.05) is 6.04 Å². The highest BCUT2D eigenvalue weighted by Gasteiger charge is 2.47. The fourth-order valence-electron chi connectivity index (χ4n) is 4.15. The molecule has 0 bridgehead atoms. The van der Waals surface area contributed by atoms with Crippen molar-refractivity contribution in [1.29, 1.82) is 0 Å². The molecule has 5 rings (SSSR count). The third-order valence-electron chi connectivity index (χ3n) is 5.79. The molecule has 160 valence electrons. The second-order valence-electron chi connectivity index (χ2n) is 7.93. The van der Waals surface area contributed by atoms with Gasteiger partial charge in [0.1, 0.15) is 24.3 Å². The average Bonchev–Trinajstić information content (AvgIpc) is 3.43. The fourth-order valence-corrected chi connectivity index (χ4v) is 4.15. The number of hydrogen-bond acceptors (Lipinski definition) is 10. The van der Waals surface area contributed by atoms with E-state index in [1.54, 1.807) is 11.5 Å². The number of aliphatic hydroxyl groups excluding tert-OH is 3. The summed E-state index contributed by atoms with van der Waals surface area (Å²) < 4.78 is 12.9. The van der Waals surface area contributed by atoms with Gasteiger partial charge in [-0.05, 0) is 32.6 Å². The molecule has 2 fully saturated rings. The number of oxazole rings is 1. The second kappa shape index (κ2) is 7.58. The third-order valence-corrected chi connectivity index (χ3v) is 5.79.